The van der Waals surface area contributed by atoms with Gasteiger partial charge in [0.15, 0.2) is 16.8 Å². The van der Waals surface area contributed by atoms with Gasteiger partial charge in [-0.3, -0.25) is 5.41 Å². The Morgan fingerprint density at radius 3 is 2.38 bits per heavy atom. The van der Waals surface area contributed by atoms with E-state index in [1.807, 2.05) is 0 Å². The van der Waals surface area contributed by atoms with Crippen LogP contribution in [0.15, 0.2) is 23.6 Å². The molecule has 10 heteroatoms. The van der Waals surface area contributed by atoms with E-state index >= 15 is 0 Å². The summed E-state index contributed by atoms with van der Waals surface area (Å²) in [4.78, 5) is 3.40. The van der Waals surface area contributed by atoms with Crippen LogP contribution in [-0.4, -0.2) is 25.2 Å². The number of alkyl halides is 3. The maximum atomic E-state index is 12.5. The Hall–Kier alpha value is -2.49. The Morgan fingerprint density at radius 1 is 1.25 bits per heavy atom. The third-order valence-corrected chi connectivity index (χ3v) is 3.76. The Labute approximate surface area is 140 Å². The number of thiazole rings is 1. The van der Waals surface area contributed by atoms with Crippen molar-refractivity contribution in [3.05, 3.63) is 34.8 Å². The zero-order valence-corrected chi connectivity index (χ0v) is 13.6. The third kappa shape index (κ3) is 4.28. The zero-order valence-electron chi connectivity index (χ0n) is 12.8. The van der Waals surface area contributed by atoms with E-state index in [0.29, 0.717) is 17.1 Å². The normalized spacial score (nSPS) is 11.0. The van der Waals surface area contributed by atoms with Crippen molar-refractivity contribution in [2.24, 2.45) is 0 Å². The van der Waals surface area contributed by atoms with E-state index in [1.165, 1.54) is 14.2 Å². The summed E-state index contributed by atoms with van der Waals surface area (Å²) < 4.78 is 47.9. The molecule has 0 fully saturated rings. The molecular weight excluding hydrogens is 345 g/mol. The Bertz CT molecular complexity index is 696. The van der Waals surface area contributed by atoms with E-state index in [0.717, 1.165) is 16.7 Å². The van der Waals surface area contributed by atoms with Crippen molar-refractivity contribution in [2.45, 2.75) is 12.7 Å². The summed E-state index contributed by atoms with van der Waals surface area (Å²) in [6.07, 6.45) is -4.50. The van der Waals surface area contributed by atoms with E-state index in [-0.39, 0.29) is 17.6 Å². The number of guanidine groups is 1. The van der Waals surface area contributed by atoms with Crippen molar-refractivity contribution in [1.82, 2.24) is 10.3 Å². The summed E-state index contributed by atoms with van der Waals surface area (Å²) in [5.74, 6) is 0.956. The molecule has 0 bridgehead atoms. The molecule has 3 N–H and O–H groups in total. The van der Waals surface area contributed by atoms with Crippen LogP contribution < -0.4 is 20.1 Å². The molecule has 130 valence electrons. The van der Waals surface area contributed by atoms with Crippen molar-refractivity contribution in [3.63, 3.8) is 0 Å². The SMILES string of the molecule is COc1cccc(OC)c1CNC(=N)Nc1nc(C(F)(F)F)cs1. The van der Waals surface area contributed by atoms with Gasteiger partial charge in [-0.2, -0.15) is 13.2 Å². The summed E-state index contributed by atoms with van der Waals surface area (Å²) >= 11 is 0.769. The first-order valence-electron chi connectivity index (χ1n) is 6.67. The maximum absolute atomic E-state index is 12.5. The number of anilines is 1. The molecule has 0 radical (unpaired) electrons. The van der Waals surface area contributed by atoms with E-state index < -0.39 is 11.9 Å². The number of aromatic nitrogens is 1. The van der Waals surface area contributed by atoms with Crippen molar-refractivity contribution in [3.8, 4) is 11.5 Å². The summed E-state index contributed by atoms with van der Waals surface area (Å²) in [5, 5.41) is 13.9. The number of benzene rings is 1. The molecule has 1 aromatic carbocycles. The molecule has 1 aromatic heterocycles. The minimum absolute atomic E-state index is 0.0215. The smallest absolute Gasteiger partial charge is 0.434 e. The molecule has 0 aliphatic rings. The molecule has 24 heavy (non-hydrogen) atoms. The fourth-order valence-corrected chi connectivity index (χ4v) is 2.61. The molecule has 0 unspecified atom stereocenters. The van der Waals surface area contributed by atoms with Gasteiger partial charge < -0.3 is 20.1 Å². The van der Waals surface area contributed by atoms with Gasteiger partial charge in [0, 0.05) is 5.38 Å². The van der Waals surface area contributed by atoms with E-state index in [2.05, 4.69) is 15.6 Å². The molecule has 2 rings (SSSR count). The molecule has 2 aromatic rings. The van der Waals surface area contributed by atoms with Gasteiger partial charge in [-0.1, -0.05) is 6.07 Å². The minimum atomic E-state index is -4.50. The second-order valence-electron chi connectivity index (χ2n) is 4.53. The fourth-order valence-electron chi connectivity index (χ4n) is 1.89. The number of hydrogen-bond acceptors (Lipinski definition) is 5. The summed E-state index contributed by atoms with van der Waals surface area (Å²) in [6.45, 7) is 0.191. The van der Waals surface area contributed by atoms with Gasteiger partial charge in [-0.15, -0.1) is 11.3 Å². The number of hydrogen-bond donors (Lipinski definition) is 3. The predicted molar refractivity (Wildman–Crippen MR) is 84.9 cm³/mol. The number of methoxy groups -OCH3 is 2. The Kier molecular flexibility index (Phi) is 5.50. The predicted octanol–water partition coefficient (Wildman–Crippen LogP) is 3.32. The van der Waals surface area contributed by atoms with Crippen LogP contribution in [-0.2, 0) is 12.7 Å². The molecule has 0 aliphatic heterocycles. The van der Waals surface area contributed by atoms with Gasteiger partial charge in [0.25, 0.3) is 0 Å². The third-order valence-electron chi connectivity index (χ3n) is 3.00. The van der Waals surface area contributed by atoms with Crippen LogP contribution in [0.25, 0.3) is 0 Å². The van der Waals surface area contributed by atoms with Crippen LogP contribution in [0, 0.1) is 5.41 Å². The highest BCUT2D eigenvalue weighted by Gasteiger charge is 2.33. The largest absolute Gasteiger partial charge is 0.496 e. The average Bonchev–Trinajstić information content (AvgIpc) is 3.01. The number of rotatable bonds is 5. The minimum Gasteiger partial charge on any atom is -0.496 e. The molecule has 0 aliphatic carbocycles. The van der Waals surface area contributed by atoms with Gasteiger partial charge >= 0.3 is 6.18 Å². The summed E-state index contributed by atoms with van der Waals surface area (Å²) in [6, 6.07) is 5.25. The van der Waals surface area contributed by atoms with Crippen molar-refractivity contribution in [2.75, 3.05) is 19.5 Å². The molecule has 1 heterocycles. The second kappa shape index (κ2) is 7.39. The first-order chi connectivity index (χ1) is 11.3. The quantitative estimate of drug-likeness (QED) is 0.563. The van der Waals surface area contributed by atoms with Gasteiger partial charge in [-0.25, -0.2) is 4.98 Å². The van der Waals surface area contributed by atoms with E-state index in [4.69, 9.17) is 14.9 Å². The monoisotopic (exact) mass is 360 g/mol. The topological polar surface area (TPSA) is 79.3 Å². The lowest BCUT2D eigenvalue weighted by atomic mass is 10.1. The van der Waals surface area contributed by atoms with Crippen LogP contribution in [0.3, 0.4) is 0 Å². The van der Waals surface area contributed by atoms with Gasteiger partial charge in [0.05, 0.1) is 26.3 Å². The molecule has 0 saturated carbocycles. The lowest BCUT2D eigenvalue weighted by Gasteiger charge is -2.14. The Balaban J connectivity index is 2.00. The van der Waals surface area contributed by atoms with Gasteiger partial charge in [0.1, 0.15) is 11.5 Å². The second-order valence-corrected chi connectivity index (χ2v) is 5.39. The lowest BCUT2D eigenvalue weighted by Crippen LogP contribution is -2.29. The molecule has 0 spiro atoms. The standard InChI is InChI=1S/C14H15F3N4O2S/c1-22-9-4-3-5-10(23-2)8(9)6-19-12(18)21-13-20-11(7-24-13)14(15,16)17/h3-5,7H,6H2,1-2H3,(H3,18,19,20,21). The van der Waals surface area contributed by atoms with Crippen molar-refractivity contribution < 1.29 is 22.6 Å². The van der Waals surface area contributed by atoms with E-state index in [9.17, 15) is 13.2 Å². The summed E-state index contributed by atoms with van der Waals surface area (Å²) in [7, 11) is 3.02. The maximum Gasteiger partial charge on any atom is 0.434 e. The van der Waals surface area contributed by atoms with Crippen molar-refractivity contribution >= 4 is 22.4 Å². The van der Waals surface area contributed by atoms with Gasteiger partial charge in [0.2, 0.25) is 0 Å². The lowest BCUT2D eigenvalue weighted by molar-refractivity contribution is -0.140. The number of halogens is 3. The van der Waals surface area contributed by atoms with Crippen LogP contribution in [0.5, 0.6) is 11.5 Å². The molecule has 0 amide bonds. The van der Waals surface area contributed by atoms with Crippen LogP contribution in [0.2, 0.25) is 0 Å². The van der Waals surface area contributed by atoms with Crippen LogP contribution in [0.1, 0.15) is 11.3 Å². The first-order valence-corrected chi connectivity index (χ1v) is 7.55. The number of nitrogens with zero attached hydrogens (tertiary/aromatic N) is 1. The van der Waals surface area contributed by atoms with Crippen LogP contribution in [0.4, 0.5) is 18.3 Å². The average molecular weight is 360 g/mol. The number of nitrogens with one attached hydrogen (secondary N) is 3. The zero-order chi connectivity index (χ0) is 17.7. The highest BCUT2D eigenvalue weighted by Crippen LogP contribution is 2.31. The van der Waals surface area contributed by atoms with Crippen LogP contribution >= 0.6 is 11.3 Å². The first kappa shape index (κ1) is 17.9. The molecule has 0 saturated heterocycles. The number of ether oxygens (including phenoxy) is 2. The molecule has 6 nitrogen and oxygen atoms in total. The summed E-state index contributed by atoms with van der Waals surface area (Å²) in [5.41, 5.74) is -0.307. The fraction of sp³-hybridized carbons (Fsp3) is 0.286. The van der Waals surface area contributed by atoms with Gasteiger partial charge in [-0.05, 0) is 12.1 Å². The molecular formula is C14H15F3N4O2S. The Morgan fingerprint density at radius 2 is 1.88 bits per heavy atom. The van der Waals surface area contributed by atoms with E-state index in [1.54, 1.807) is 18.2 Å². The molecule has 0 atom stereocenters. The van der Waals surface area contributed by atoms with Crippen molar-refractivity contribution in [1.29, 1.82) is 5.41 Å². The highest BCUT2D eigenvalue weighted by atomic mass is 32.1. The highest BCUT2D eigenvalue weighted by molar-refractivity contribution is 7.13.